The number of hydrogen-bond donors (Lipinski definition) is 0. The fourth-order valence-corrected chi connectivity index (χ4v) is 3.32. The van der Waals surface area contributed by atoms with Crippen molar-refractivity contribution in [3.63, 3.8) is 0 Å². The van der Waals surface area contributed by atoms with E-state index in [4.69, 9.17) is 4.74 Å². The third kappa shape index (κ3) is 2.30. The highest BCUT2D eigenvalue weighted by Gasteiger charge is 2.31. The summed E-state index contributed by atoms with van der Waals surface area (Å²) in [6.07, 6.45) is 1.48. The Balaban J connectivity index is 2.18. The van der Waals surface area contributed by atoms with Crippen molar-refractivity contribution in [3.8, 4) is 11.1 Å². The largest absolute Gasteiger partial charge is 0.384 e. The van der Waals surface area contributed by atoms with Gasteiger partial charge >= 0.3 is 0 Å². The van der Waals surface area contributed by atoms with Crippen LogP contribution in [-0.2, 0) is 4.74 Å². The Kier molecular flexibility index (Phi) is 3.89. The zero-order valence-electron chi connectivity index (χ0n) is 12.6. The minimum absolute atomic E-state index is 0.165. The van der Waals surface area contributed by atoms with Crippen LogP contribution in [0.5, 0.6) is 0 Å². The zero-order chi connectivity index (χ0) is 14.8. The minimum Gasteiger partial charge on any atom is -0.384 e. The molecule has 3 rings (SSSR count). The Hall–Kier alpha value is -1.93. The van der Waals surface area contributed by atoms with Crippen LogP contribution in [0.15, 0.2) is 42.5 Å². The monoisotopic (exact) mass is 280 g/mol. The molecule has 0 bridgehead atoms. The quantitative estimate of drug-likeness (QED) is 0.757. The van der Waals surface area contributed by atoms with Crippen molar-refractivity contribution in [2.45, 2.75) is 25.7 Å². The molecule has 2 heteroatoms. The van der Waals surface area contributed by atoms with Crippen molar-refractivity contribution in [3.05, 3.63) is 59.2 Å². The van der Waals surface area contributed by atoms with Crippen molar-refractivity contribution in [2.24, 2.45) is 0 Å². The van der Waals surface area contributed by atoms with Gasteiger partial charge in [0.2, 0.25) is 0 Å². The molecule has 0 N–H and O–H groups in total. The summed E-state index contributed by atoms with van der Waals surface area (Å²) in [4.78, 5) is 12.5. The van der Waals surface area contributed by atoms with Crippen molar-refractivity contribution in [1.29, 1.82) is 0 Å². The zero-order valence-corrected chi connectivity index (χ0v) is 12.6. The average molecular weight is 280 g/mol. The van der Waals surface area contributed by atoms with Gasteiger partial charge in [-0.05, 0) is 28.7 Å². The first-order valence-electron chi connectivity index (χ1n) is 7.52. The molecule has 0 heterocycles. The molecule has 0 saturated heterocycles. The number of methoxy groups -OCH3 is 1. The van der Waals surface area contributed by atoms with Crippen LogP contribution in [-0.4, -0.2) is 19.5 Å². The molecule has 2 aromatic carbocycles. The van der Waals surface area contributed by atoms with Gasteiger partial charge in [-0.2, -0.15) is 0 Å². The van der Waals surface area contributed by atoms with E-state index in [1.165, 1.54) is 16.7 Å². The summed E-state index contributed by atoms with van der Waals surface area (Å²) in [5.74, 6) is 0.404. The van der Waals surface area contributed by atoms with Crippen LogP contribution in [0.25, 0.3) is 11.1 Å². The second-order valence-electron chi connectivity index (χ2n) is 5.54. The second-order valence-corrected chi connectivity index (χ2v) is 5.54. The van der Waals surface area contributed by atoms with Gasteiger partial charge in [-0.25, -0.2) is 0 Å². The van der Waals surface area contributed by atoms with E-state index in [2.05, 4.69) is 30.3 Å². The Morgan fingerprint density at radius 1 is 1.10 bits per heavy atom. The first-order chi connectivity index (χ1) is 10.3. The molecular formula is C19H20O2. The van der Waals surface area contributed by atoms with E-state index < -0.39 is 0 Å². The van der Waals surface area contributed by atoms with Crippen LogP contribution in [0.1, 0.15) is 47.2 Å². The molecule has 1 aliphatic rings. The van der Waals surface area contributed by atoms with Crippen molar-refractivity contribution < 1.29 is 9.53 Å². The molecule has 2 aromatic rings. The predicted molar refractivity (Wildman–Crippen MR) is 84.8 cm³/mol. The van der Waals surface area contributed by atoms with E-state index in [9.17, 15) is 4.79 Å². The first-order valence-corrected chi connectivity index (χ1v) is 7.52. The molecule has 21 heavy (non-hydrogen) atoms. The molecule has 0 spiro atoms. The second kappa shape index (κ2) is 5.82. The van der Waals surface area contributed by atoms with Crippen molar-refractivity contribution in [2.75, 3.05) is 13.7 Å². The van der Waals surface area contributed by atoms with Gasteiger partial charge in [0.05, 0.1) is 6.61 Å². The summed E-state index contributed by atoms with van der Waals surface area (Å²) in [7, 11) is 1.72. The topological polar surface area (TPSA) is 26.3 Å². The maximum absolute atomic E-state index is 12.5. The summed E-state index contributed by atoms with van der Waals surface area (Å²) in [6, 6.07) is 14.5. The lowest BCUT2D eigenvalue weighted by atomic mass is 9.90. The Bertz CT molecular complexity index is 673. The number of carbonyl (C=O) groups excluding carboxylic acids is 1. The van der Waals surface area contributed by atoms with E-state index in [1.807, 2.05) is 19.1 Å². The van der Waals surface area contributed by atoms with E-state index in [0.29, 0.717) is 13.0 Å². The van der Waals surface area contributed by atoms with Crippen LogP contribution in [0, 0.1) is 0 Å². The third-order valence-electron chi connectivity index (χ3n) is 4.19. The molecular weight excluding hydrogens is 260 g/mol. The summed E-state index contributed by atoms with van der Waals surface area (Å²) < 4.78 is 5.42. The third-order valence-corrected chi connectivity index (χ3v) is 4.19. The smallest absolute Gasteiger partial charge is 0.163 e. The SMILES string of the molecule is CCCC(=O)c1cccc2c1C(COC)c1ccccc1-2. The number of ether oxygens (including phenoxy) is 1. The Morgan fingerprint density at radius 3 is 2.62 bits per heavy atom. The molecule has 0 radical (unpaired) electrons. The van der Waals surface area contributed by atoms with Gasteiger partial charge in [0, 0.05) is 25.0 Å². The molecule has 0 saturated carbocycles. The highest BCUT2D eigenvalue weighted by molar-refractivity contribution is 6.01. The van der Waals surface area contributed by atoms with E-state index in [1.54, 1.807) is 7.11 Å². The van der Waals surface area contributed by atoms with E-state index >= 15 is 0 Å². The molecule has 2 nitrogen and oxygen atoms in total. The van der Waals surface area contributed by atoms with Gasteiger partial charge in [-0.1, -0.05) is 49.4 Å². The normalized spacial score (nSPS) is 15.6. The van der Waals surface area contributed by atoms with E-state index in [-0.39, 0.29) is 11.7 Å². The molecule has 0 aromatic heterocycles. The number of hydrogen-bond acceptors (Lipinski definition) is 2. The van der Waals surface area contributed by atoms with Crippen LogP contribution >= 0.6 is 0 Å². The first kappa shape index (κ1) is 14.0. The van der Waals surface area contributed by atoms with Crippen LogP contribution in [0.2, 0.25) is 0 Å². The van der Waals surface area contributed by atoms with E-state index in [0.717, 1.165) is 17.5 Å². The van der Waals surface area contributed by atoms with Crippen LogP contribution in [0.3, 0.4) is 0 Å². The maximum Gasteiger partial charge on any atom is 0.163 e. The lowest BCUT2D eigenvalue weighted by Crippen LogP contribution is -2.10. The number of carbonyl (C=O) groups is 1. The Labute approximate surface area is 125 Å². The highest BCUT2D eigenvalue weighted by atomic mass is 16.5. The number of ketones is 1. The summed E-state index contributed by atoms with van der Waals surface area (Å²) in [6.45, 7) is 2.66. The number of fused-ring (bicyclic) bond motifs is 3. The van der Waals surface area contributed by atoms with Crippen molar-refractivity contribution >= 4 is 5.78 Å². The fourth-order valence-electron chi connectivity index (χ4n) is 3.32. The minimum atomic E-state index is 0.165. The highest BCUT2D eigenvalue weighted by Crippen LogP contribution is 2.46. The van der Waals surface area contributed by atoms with Gasteiger partial charge in [0.1, 0.15) is 0 Å². The van der Waals surface area contributed by atoms with Gasteiger partial charge in [0.15, 0.2) is 5.78 Å². The standard InChI is InChI=1S/C19H20O2/c1-3-7-18(20)16-11-6-10-15-13-8-4-5-9-14(13)17(12-21-2)19(15)16/h4-6,8-11,17H,3,7,12H2,1-2H3. The number of Topliss-reactive ketones (excluding diaryl/α,β-unsaturated/α-hetero) is 1. The lowest BCUT2D eigenvalue weighted by molar-refractivity contribution is 0.0980. The summed E-state index contributed by atoms with van der Waals surface area (Å²) in [5.41, 5.74) is 5.72. The van der Waals surface area contributed by atoms with Crippen LogP contribution in [0.4, 0.5) is 0 Å². The van der Waals surface area contributed by atoms with Crippen LogP contribution < -0.4 is 0 Å². The summed E-state index contributed by atoms with van der Waals surface area (Å²) in [5, 5.41) is 0. The maximum atomic E-state index is 12.5. The van der Waals surface area contributed by atoms with Gasteiger partial charge in [0.25, 0.3) is 0 Å². The van der Waals surface area contributed by atoms with Gasteiger partial charge in [-0.3, -0.25) is 4.79 Å². The fraction of sp³-hybridized carbons (Fsp3) is 0.316. The molecule has 1 aliphatic carbocycles. The lowest BCUT2D eigenvalue weighted by Gasteiger charge is -2.15. The predicted octanol–water partition coefficient (Wildman–Crippen LogP) is 4.43. The molecule has 1 unspecified atom stereocenters. The number of rotatable bonds is 5. The molecule has 0 aliphatic heterocycles. The Morgan fingerprint density at radius 2 is 1.86 bits per heavy atom. The average Bonchev–Trinajstić information content (AvgIpc) is 2.83. The molecule has 108 valence electrons. The molecule has 1 atom stereocenters. The molecule has 0 amide bonds. The van der Waals surface area contributed by atoms with Gasteiger partial charge < -0.3 is 4.74 Å². The van der Waals surface area contributed by atoms with Gasteiger partial charge in [-0.15, -0.1) is 0 Å². The number of benzene rings is 2. The molecule has 0 fully saturated rings. The summed E-state index contributed by atoms with van der Waals surface area (Å²) >= 11 is 0. The van der Waals surface area contributed by atoms with Crippen molar-refractivity contribution in [1.82, 2.24) is 0 Å².